The minimum atomic E-state index is 0.425. The smallest absolute Gasteiger partial charge is 0.146 e. The molecule has 0 rings (SSSR count). The molecular weight excluding hydrogens is 128 g/mol. The third-order valence-corrected chi connectivity index (χ3v) is 1.39. The van der Waals surface area contributed by atoms with E-state index in [1.807, 2.05) is 0 Å². The lowest BCUT2D eigenvalue weighted by Gasteiger charge is -2.09. The Hall–Kier alpha value is -0.0800. The lowest BCUT2D eigenvalue weighted by molar-refractivity contribution is -0.0422. The van der Waals surface area contributed by atoms with E-state index in [-0.39, 0.29) is 0 Å². The van der Waals surface area contributed by atoms with E-state index in [9.17, 15) is 0 Å². The van der Waals surface area contributed by atoms with Gasteiger partial charge in [-0.05, 0) is 12.3 Å². The first-order valence-electron chi connectivity index (χ1n) is 3.88. The van der Waals surface area contributed by atoms with Gasteiger partial charge in [-0.2, -0.15) is 0 Å². The molecule has 0 bridgehead atoms. The summed E-state index contributed by atoms with van der Waals surface area (Å²) in [6.07, 6.45) is 2.47. The second-order valence-corrected chi connectivity index (χ2v) is 2.67. The van der Waals surface area contributed by atoms with Gasteiger partial charge >= 0.3 is 0 Å². The molecule has 1 atom stereocenters. The van der Waals surface area contributed by atoms with Crippen LogP contribution in [-0.4, -0.2) is 20.5 Å². The van der Waals surface area contributed by atoms with E-state index in [1.165, 1.54) is 12.8 Å². The van der Waals surface area contributed by atoms with Crippen LogP contribution in [0, 0.1) is 5.92 Å². The zero-order chi connectivity index (χ0) is 7.82. The van der Waals surface area contributed by atoms with Gasteiger partial charge in [0, 0.05) is 7.11 Å². The van der Waals surface area contributed by atoms with Crippen molar-refractivity contribution in [1.29, 1.82) is 0 Å². The van der Waals surface area contributed by atoms with Crippen LogP contribution in [0.2, 0.25) is 0 Å². The third kappa shape index (κ3) is 6.05. The largest absolute Gasteiger partial charge is 0.359 e. The Labute approximate surface area is 63.5 Å². The number of rotatable bonds is 6. The fourth-order valence-electron chi connectivity index (χ4n) is 0.909. The van der Waals surface area contributed by atoms with Crippen LogP contribution in [0.3, 0.4) is 0 Å². The zero-order valence-electron chi connectivity index (χ0n) is 7.22. The predicted octanol–water partition coefficient (Wildman–Crippen LogP) is 2.04. The van der Waals surface area contributed by atoms with Gasteiger partial charge in [-0.25, -0.2) is 0 Å². The molecule has 0 aromatic rings. The highest BCUT2D eigenvalue weighted by Gasteiger charge is 1.98. The summed E-state index contributed by atoms with van der Waals surface area (Å²) in [4.78, 5) is 0. The van der Waals surface area contributed by atoms with Crippen LogP contribution in [0.4, 0.5) is 0 Å². The quantitative estimate of drug-likeness (QED) is 0.421. The second-order valence-electron chi connectivity index (χ2n) is 2.67. The Morgan fingerprint density at radius 1 is 1.40 bits per heavy atom. The normalized spacial score (nSPS) is 13.5. The van der Waals surface area contributed by atoms with E-state index in [0.717, 1.165) is 6.61 Å². The van der Waals surface area contributed by atoms with Crippen molar-refractivity contribution in [3.63, 3.8) is 0 Å². The number of hydrogen-bond acceptors (Lipinski definition) is 2. The summed E-state index contributed by atoms with van der Waals surface area (Å²) in [6, 6.07) is 0. The average Bonchev–Trinajstić information content (AvgIpc) is 1.89. The Balaban J connectivity index is 2.97. The van der Waals surface area contributed by atoms with E-state index >= 15 is 0 Å². The lowest BCUT2D eigenvalue weighted by atomic mass is 10.1. The molecule has 2 heteroatoms. The fourth-order valence-corrected chi connectivity index (χ4v) is 0.909. The van der Waals surface area contributed by atoms with Gasteiger partial charge in [0.25, 0.3) is 0 Å². The van der Waals surface area contributed by atoms with Gasteiger partial charge in [-0.1, -0.05) is 20.3 Å². The molecule has 0 aliphatic rings. The number of hydrogen-bond donors (Lipinski definition) is 0. The van der Waals surface area contributed by atoms with Gasteiger partial charge in [0.15, 0.2) is 0 Å². The van der Waals surface area contributed by atoms with Crippen LogP contribution in [0.15, 0.2) is 0 Å². The van der Waals surface area contributed by atoms with E-state index < -0.39 is 0 Å². The van der Waals surface area contributed by atoms with E-state index in [0.29, 0.717) is 12.7 Å². The molecule has 0 fully saturated rings. The molecule has 0 heterocycles. The first-order valence-corrected chi connectivity index (χ1v) is 3.88. The van der Waals surface area contributed by atoms with Crippen molar-refractivity contribution < 1.29 is 9.47 Å². The van der Waals surface area contributed by atoms with Crippen molar-refractivity contribution in [2.45, 2.75) is 26.7 Å². The Bertz CT molecular complexity index is 64.3. The average molecular weight is 146 g/mol. The van der Waals surface area contributed by atoms with Gasteiger partial charge in [-0.15, -0.1) is 0 Å². The summed E-state index contributed by atoms with van der Waals surface area (Å²) in [6.45, 7) is 5.63. The number of ether oxygens (including phenoxy) is 2. The number of methoxy groups -OCH3 is 1. The van der Waals surface area contributed by atoms with Crippen LogP contribution < -0.4 is 0 Å². The molecule has 0 aliphatic carbocycles. The first-order chi connectivity index (χ1) is 4.81. The summed E-state index contributed by atoms with van der Waals surface area (Å²) in [5.74, 6) is 0.667. The molecule has 1 unspecified atom stereocenters. The van der Waals surface area contributed by atoms with E-state index in [1.54, 1.807) is 7.11 Å². The summed E-state index contributed by atoms with van der Waals surface area (Å²) in [5.41, 5.74) is 0. The molecule has 0 radical (unpaired) electrons. The van der Waals surface area contributed by atoms with Crippen molar-refractivity contribution in [2.75, 3.05) is 20.5 Å². The van der Waals surface area contributed by atoms with Crippen LogP contribution in [0.25, 0.3) is 0 Å². The summed E-state index contributed by atoms with van der Waals surface area (Å²) in [7, 11) is 1.64. The Morgan fingerprint density at radius 2 is 2.10 bits per heavy atom. The second kappa shape index (κ2) is 7.03. The van der Waals surface area contributed by atoms with Crippen molar-refractivity contribution in [2.24, 2.45) is 5.92 Å². The summed E-state index contributed by atoms with van der Waals surface area (Å²) < 4.78 is 9.92. The van der Waals surface area contributed by atoms with Gasteiger partial charge < -0.3 is 9.47 Å². The molecule has 0 aliphatic heterocycles. The van der Waals surface area contributed by atoms with Crippen LogP contribution >= 0.6 is 0 Å². The highest BCUT2D eigenvalue weighted by Crippen LogP contribution is 2.04. The minimum Gasteiger partial charge on any atom is -0.359 e. The lowest BCUT2D eigenvalue weighted by Crippen LogP contribution is -2.07. The standard InChI is InChI=1S/C8H18O2/c1-4-5-8(2)6-10-7-9-3/h8H,4-7H2,1-3H3. The molecule has 10 heavy (non-hydrogen) atoms. The zero-order valence-corrected chi connectivity index (χ0v) is 7.22. The van der Waals surface area contributed by atoms with E-state index in [2.05, 4.69) is 13.8 Å². The molecule has 0 spiro atoms. The van der Waals surface area contributed by atoms with Crippen LogP contribution in [-0.2, 0) is 9.47 Å². The molecule has 0 saturated carbocycles. The maximum absolute atomic E-state index is 5.17. The fraction of sp³-hybridized carbons (Fsp3) is 1.00. The van der Waals surface area contributed by atoms with Crippen LogP contribution in [0.1, 0.15) is 26.7 Å². The monoisotopic (exact) mass is 146 g/mol. The van der Waals surface area contributed by atoms with E-state index in [4.69, 9.17) is 9.47 Å². The Kier molecular flexibility index (Phi) is 6.98. The first kappa shape index (κ1) is 9.92. The topological polar surface area (TPSA) is 18.5 Å². The molecule has 0 N–H and O–H groups in total. The van der Waals surface area contributed by atoms with Crippen molar-refractivity contribution >= 4 is 0 Å². The van der Waals surface area contributed by atoms with Gasteiger partial charge in [0.1, 0.15) is 6.79 Å². The van der Waals surface area contributed by atoms with Gasteiger partial charge in [0.05, 0.1) is 6.61 Å². The molecule has 62 valence electrons. The molecule has 0 aromatic carbocycles. The SMILES string of the molecule is CCCC(C)COCOC. The predicted molar refractivity (Wildman–Crippen MR) is 41.9 cm³/mol. The molecule has 2 nitrogen and oxygen atoms in total. The highest BCUT2D eigenvalue weighted by molar-refractivity contribution is 4.47. The molecular formula is C8H18O2. The van der Waals surface area contributed by atoms with Gasteiger partial charge in [0.2, 0.25) is 0 Å². The van der Waals surface area contributed by atoms with Gasteiger partial charge in [-0.3, -0.25) is 0 Å². The van der Waals surface area contributed by atoms with Crippen LogP contribution in [0.5, 0.6) is 0 Å². The third-order valence-electron chi connectivity index (χ3n) is 1.39. The van der Waals surface area contributed by atoms with Crippen molar-refractivity contribution in [3.05, 3.63) is 0 Å². The summed E-state index contributed by atoms with van der Waals surface area (Å²) in [5, 5.41) is 0. The highest BCUT2D eigenvalue weighted by atomic mass is 16.7. The van der Waals surface area contributed by atoms with Crippen molar-refractivity contribution in [1.82, 2.24) is 0 Å². The molecule has 0 aromatic heterocycles. The maximum Gasteiger partial charge on any atom is 0.146 e. The molecule has 0 saturated heterocycles. The molecule has 0 amide bonds. The van der Waals surface area contributed by atoms with Crippen molar-refractivity contribution in [3.8, 4) is 0 Å². The summed E-state index contributed by atoms with van der Waals surface area (Å²) >= 11 is 0. The maximum atomic E-state index is 5.17. The minimum absolute atomic E-state index is 0.425. The Morgan fingerprint density at radius 3 is 2.60 bits per heavy atom.